The van der Waals surface area contributed by atoms with Gasteiger partial charge in [0, 0.05) is 6.42 Å². The van der Waals surface area contributed by atoms with Gasteiger partial charge in [-0.05, 0) is 12.8 Å². The van der Waals surface area contributed by atoms with E-state index in [-0.39, 0.29) is 17.2 Å². The highest BCUT2D eigenvalue weighted by atomic mass is 16.4. The number of hydrogen-bond donors (Lipinski definition) is 2. The maximum atomic E-state index is 10.9. The number of Topliss-reactive ketones (excluding diaryl/α,β-unsaturated/α-hetero) is 1. The first-order valence-corrected chi connectivity index (χ1v) is 3.26. The molecule has 1 fully saturated rings. The molecule has 0 aliphatic heterocycles. The second kappa shape index (κ2) is 3.14. The number of hydrogen-bond acceptors (Lipinski definition) is 5. The lowest BCUT2D eigenvalue weighted by molar-refractivity contribution is -0.113. The molecule has 0 radical (unpaired) electrons. The second-order valence-corrected chi connectivity index (χ2v) is 2.27. The zero-order valence-electron chi connectivity index (χ0n) is 5.82. The average Bonchev–Trinajstić information content (AvgIpc) is 2.04. The average molecular weight is 156 g/mol. The molecule has 1 rings (SSSR count). The normalized spacial score (nSPS) is 26.4. The van der Waals surface area contributed by atoms with Crippen molar-refractivity contribution in [2.75, 3.05) is 0 Å². The SMILES string of the molecule is O=C1CCCC(=NO)C1=NO. The Bertz CT molecular complexity index is 232. The van der Waals surface area contributed by atoms with E-state index in [1.165, 1.54) is 0 Å². The quantitative estimate of drug-likeness (QED) is 0.393. The van der Waals surface area contributed by atoms with Gasteiger partial charge >= 0.3 is 0 Å². The number of carbonyl (C=O) groups is 1. The minimum Gasteiger partial charge on any atom is -0.411 e. The molecule has 1 aliphatic rings. The Kier molecular flexibility index (Phi) is 2.20. The lowest BCUT2D eigenvalue weighted by atomic mass is 9.95. The van der Waals surface area contributed by atoms with Crippen LogP contribution in [-0.2, 0) is 4.79 Å². The molecule has 1 aliphatic carbocycles. The topological polar surface area (TPSA) is 82.2 Å². The van der Waals surface area contributed by atoms with Crippen LogP contribution in [0.1, 0.15) is 19.3 Å². The van der Waals surface area contributed by atoms with Crippen LogP contribution in [-0.4, -0.2) is 27.6 Å². The summed E-state index contributed by atoms with van der Waals surface area (Å²) in [7, 11) is 0. The zero-order chi connectivity index (χ0) is 8.27. The highest BCUT2D eigenvalue weighted by Gasteiger charge is 2.24. The molecule has 2 N–H and O–H groups in total. The fraction of sp³-hybridized carbons (Fsp3) is 0.500. The van der Waals surface area contributed by atoms with Crippen molar-refractivity contribution in [2.45, 2.75) is 19.3 Å². The molecule has 0 aromatic rings. The molecule has 5 heteroatoms. The molecule has 0 spiro atoms. The molecule has 0 saturated heterocycles. The van der Waals surface area contributed by atoms with Crippen LogP contribution in [0.4, 0.5) is 0 Å². The van der Waals surface area contributed by atoms with Gasteiger partial charge in [0.05, 0.1) is 0 Å². The Morgan fingerprint density at radius 3 is 2.36 bits per heavy atom. The van der Waals surface area contributed by atoms with Gasteiger partial charge < -0.3 is 10.4 Å². The molecule has 0 amide bonds. The van der Waals surface area contributed by atoms with Gasteiger partial charge in [0.15, 0.2) is 11.5 Å². The highest BCUT2D eigenvalue weighted by Crippen LogP contribution is 2.09. The van der Waals surface area contributed by atoms with E-state index in [1.807, 2.05) is 0 Å². The molecular weight excluding hydrogens is 148 g/mol. The van der Waals surface area contributed by atoms with E-state index >= 15 is 0 Å². The third-order valence-corrected chi connectivity index (χ3v) is 1.58. The van der Waals surface area contributed by atoms with Crippen LogP contribution in [0.3, 0.4) is 0 Å². The van der Waals surface area contributed by atoms with E-state index < -0.39 is 0 Å². The fourth-order valence-electron chi connectivity index (χ4n) is 1.02. The Hall–Kier alpha value is -1.39. The van der Waals surface area contributed by atoms with E-state index in [9.17, 15) is 4.79 Å². The van der Waals surface area contributed by atoms with Crippen LogP contribution in [0.15, 0.2) is 10.3 Å². The summed E-state index contributed by atoms with van der Waals surface area (Å²) in [6.45, 7) is 0. The Labute approximate surface area is 63.0 Å². The van der Waals surface area contributed by atoms with Crippen molar-refractivity contribution in [3.63, 3.8) is 0 Å². The molecule has 1 saturated carbocycles. The summed E-state index contributed by atoms with van der Waals surface area (Å²) in [4.78, 5) is 10.9. The van der Waals surface area contributed by atoms with Crippen molar-refractivity contribution in [3.05, 3.63) is 0 Å². The standard InChI is InChI=1S/C6H8N2O3/c9-5-3-1-2-4(7-10)6(5)8-11/h10-11H,1-3H2. The molecule has 0 bridgehead atoms. The minimum atomic E-state index is -0.272. The number of oxime groups is 2. The van der Waals surface area contributed by atoms with Crippen molar-refractivity contribution in [3.8, 4) is 0 Å². The first-order valence-electron chi connectivity index (χ1n) is 3.26. The van der Waals surface area contributed by atoms with E-state index in [0.717, 1.165) is 0 Å². The van der Waals surface area contributed by atoms with E-state index in [0.29, 0.717) is 19.3 Å². The van der Waals surface area contributed by atoms with Crippen LogP contribution >= 0.6 is 0 Å². The smallest absolute Gasteiger partial charge is 0.186 e. The summed E-state index contributed by atoms with van der Waals surface area (Å²) in [6.07, 6.45) is 1.50. The summed E-state index contributed by atoms with van der Waals surface area (Å²) in [5, 5.41) is 22.3. The predicted molar refractivity (Wildman–Crippen MR) is 37.3 cm³/mol. The van der Waals surface area contributed by atoms with Gasteiger partial charge in [-0.1, -0.05) is 10.3 Å². The molecule has 5 nitrogen and oxygen atoms in total. The summed E-state index contributed by atoms with van der Waals surface area (Å²) in [5.41, 5.74) is 0.0579. The van der Waals surface area contributed by atoms with Crippen LogP contribution in [0.5, 0.6) is 0 Å². The van der Waals surface area contributed by atoms with Crippen molar-refractivity contribution in [1.82, 2.24) is 0 Å². The zero-order valence-corrected chi connectivity index (χ0v) is 5.82. The Morgan fingerprint density at radius 1 is 1.18 bits per heavy atom. The van der Waals surface area contributed by atoms with Gasteiger partial charge in [-0.3, -0.25) is 4.79 Å². The number of carbonyl (C=O) groups excluding carboxylic acids is 1. The van der Waals surface area contributed by atoms with Gasteiger partial charge in [0.1, 0.15) is 5.71 Å². The van der Waals surface area contributed by atoms with E-state index in [4.69, 9.17) is 10.4 Å². The molecule has 0 unspecified atom stereocenters. The maximum absolute atomic E-state index is 10.9. The first-order chi connectivity index (χ1) is 5.29. The summed E-state index contributed by atoms with van der Waals surface area (Å²) >= 11 is 0. The lowest BCUT2D eigenvalue weighted by Gasteiger charge is -2.10. The van der Waals surface area contributed by atoms with Crippen LogP contribution in [0, 0.1) is 0 Å². The molecule has 0 heterocycles. The summed E-state index contributed by atoms with van der Waals surface area (Å²) in [5.74, 6) is -0.272. The molecule has 0 atom stereocenters. The van der Waals surface area contributed by atoms with Gasteiger partial charge in [0.25, 0.3) is 0 Å². The number of ketones is 1. The fourth-order valence-corrected chi connectivity index (χ4v) is 1.02. The molecule has 0 aromatic heterocycles. The van der Waals surface area contributed by atoms with Crippen LogP contribution in [0.25, 0.3) is 0 Å². The summed E-state index contributed by atoms with van der Waals surface area (Å²) < 4.78 is 0. The van der Waals surface area contributed by atoms with Gasteiger partial charge in [-0.25, -0.2) is 0 Å². The number of nitrogens with zero attached hydrogens (tertiary/aromatic N) is 2. The minimum absolute atomic E-state index is 0.112. The predicted octanol–water partition coefficient (Wildman–Crippen LogP) is 0.400. The molecule has 60 valence electrons. The van der Waals surface area contributed by atoms with Crippen molar-refractivity contribution in [2.24, 2.45) is 10.3 Å². The largest absolute Gasteiger partial charge is 0.411 e. The Balaban J connectivity index is 2.90. The monoisotopic (exact) mass is 156 g/mol. The lowest BCUT2D eigenvalue weighted by Crippen LogP contribution is -2.28. The van der Waals surface area contributed by atoms with Crippen LogP contribution in [0.2, 0.25) is 0 Å². The summed E-state index contributed by atoms with van der Waals surface area (Å²) in [6, 6.07) is 0. The van der Waals surface area contributed by atoms with E-state index in [2.05, 4.69) is 10.3 Å². The van der Waals surface area contributed by atoms with Crippen LogP contribution < -0.4 is 0 Å². The number of rotatable bonds is 0. The van der Waals surface area contributed by atoms with Crippen molar-refractivity contribution < 1.29 is 15.2 Å². The third-order valence-electron chi connectivity index (χ3n) is 1.58. The van der Waals surface area contributed by atoms with Gasteiger partial charge in [0.2, 0.25) is 0 Å². The third kappa shape index (κ3) is 1.36. The van der Waals surface area contributed by atoms with Crippen molar-refractivity contribution in [1.29, 1.82) is 0 Å². The Morgan fingerprint density at radius 2 is 1.91 bits per heavy atom. The second-order valence-electron chi connectivity index (χ2n) is 2.27. The molecular formula is C6H8N2O3. The molecule has 0 aromatic carbocycles. The highest BCUT2D eigenvalue weighted by molar-refractivity contribution is 6.68. The van der Waals surface area contributed by atoms with E-state index in [1.54, 1.807) is 0 Å². The first kappa shape index (κ1) is 7.71. The van der Waals surface area contributed by atoms with Crippen molar-refractivity contribution >= 4 is 17.2 Å². The van der Waals surface area contributed by atoms with Gasteiger partial charge in [-0.2, -0.15) is 0 Å². The maximum Gasteiger partial charge on any atom is 0.186 e. The molecule has 11 heavy (non-hydrogen) atoms. The van der Waals surface area contributed by atoms with Gasteiger partial charge in [-0.15, -0.1) is 0 Å².